The van der Waals surface area contributed by atoms with E-state index in [9.17, 15) is 19.8 Å². The van der Waals surface area contributed by atoms with E-state index in [1.54, 1.807) is 73.0 Å². The molecule has 8 heterocycles. The number of nitrogens with one attached hydrogen (secondary N) is 1. The molecule has 6 aromatic rings. The lowest BCUT2D eigenvalue weighted by Gasteiger charge is -2.47. The number of piperidine rings is 2. The van der Waals surface area contributed by atoms with Gasteiger partial charge in [0.25, 0.3) is 0 Å². The quantitative estimate of drug-likeness (QED) is 0.117. The Morgan fingerprint density at radius 2 is 1.15 bits per heavy atom. The predicted molar refractivity (Wildman–Crippen MR) is 318 cm³/mol. The van der Waals surface area contributed by atoms with Crippen molar-refractivity contribution in [1.29, 1.82) is 0 Å². The smallest absolute Gasteiger partial charge is 0.410 e. The highest BCUT2D eigenvalue weighted by molar-refractivity contribution is 14.1. The summed E-state index contributed by atoms with van der Waals surface area (Å²) in [7, 11) is 0. The summed E-state index contributed by atoms with van der Waals surface area (Å²) in [5, 5.41) is 25.3. The monoisotopic (exact) mass is 1310 g/mol. The molecule has 402 valence electrons. The molecule has 4 fully saturated rings. The zero-order chi connectivity index (χ0) is 53.5. The molecule has 4 aromatic heterocycles. The normalized spacial score (nSPS) is 22.0. The first-order valence-corrected chi connectivity index (χ1v) is 30.6. The van der Waals surface area contributed by atoms with Crippen LogP contribution in [0.2, 0.25) is 0 Å². The van der Waals surface area contributed by atoms with Gasteiger partial charge in [-0.3, -0.25) is 4.98 Å². The number of cyclic esters (lactones) is 2. The summed E-state index contributed by atoms with van der Waals surface area (Å²) < 4.78 is 14.4. The van der Waals surface area contributed by atoms with Crippen molar-refractivity contribution in [1.82, 2.24) is 35.1 Å². The number of aliphatic hydroxyl groups is 2. The lowest BCUT2D eigenvalue weighted by Crippen LogP contribution is -2.57. The van der Waals surface area contributed by atoms with Crippen molar-refractivity contribution < 1.29 is 29.3 Å². The van der Waals surface area contributed by atoms with Gasteiger partial charge in [0, 0.05) is 109 Å². The van der Waals surface area contributed by atoms with Gasteiger partial charge in [-0.05, 0) is 144 Å². The number of carbonyl (C=O) groups excluding carboxylic acids is 2. The van der Waals surface area contributed by atoms with Gasteiger partial charge in [0.05, 0.1) is 22.8 Å². The summed E-state index contributed by atoms with van der Waals surface area (Å²) >= 11 is 11.2. The fourth-order valence-corrected chi connectivity index (χ4v) is 14.2. The van der Waals surface area contributed by atoms with Crippen molar-refractivity contribution in [2.24, 2.45) is 0 Å². The molecule has 74 heavy (non-hydrogen) atoms. The molecule has 0 unspecified atom stereocenters. The van der Waals surface area contributed by atoms with Crippen LogP contribution in [0.4, 0.5) is 14.7 Å². The molecule has 3 N–H and O–H groups in total. The third-order valence-corrected chi connectivity index (χ3v) is 17.7. The van der Waals surface area contributed by atoms with E-state index >= 15 is 0 Å². The highest BCUT2D eigenvalue weighted by atomic mass is 127. The van der Waals surface area contributed by atoms with E-state index in [1.807, 2.05) is 108 Å². The zero-order valence-electron chi connectivity index (χ0n) is 43.8. The average Bonchev–Trinajstić information content (AvgIpc) is 4.20. The van der Waals surface area contributed by atoms with Gasteiger partial charge in [0.1, 0.15) is 11.2 Å². The number of rotatable bonds is 9. The van der Waals surface area contributed by atoms with Gasteiger partial charge in [0.2, 0.25) is 0 Å². The second kappa shape index (κ2) is 27.8. The Morgan fingerprint density at radius 1 is 0.662 bits per heavy atom. The van der Waals surface area contributed by atoms with Crippen LogP contribution in [0, 0.1) is 33.7 Å². The van der Waals surface area contributed by atoms with Crippen LogP contribution >= 0.6 is 90.5 Å². The van der Waals surface area contributed by atoms with Gasteiger partial charge in [-0.15, -0.1) is 45.3 Å². The van der Waals surface area contributed by atoms with Crippen molar-refractivity contribution in [2.75, 3.05) is 44.2 Å². The summed E-state index contributed by atoms with van der Waals surface area (Å²) in [6.07, 6.45) is 13.2. The lowest BCUT2D eigenvalue weighted by molar-refractivity contribution is -0.103. The summed E-state index contributed by atoms with van der Waals surface area (Å²) in [5.41, 5.74) is 0.330. The maximum absolute atomic E-state index is 13.2. The molecule has 2 aromatic carbocycles. The van der Waals surface area contributed by atoms with Crippen LogP contribution in [0.1, 0.15) is 110 Å². The van der Waals surface area contributed by atoms with Gasteiger partial charge in [-0.1, -0.05) is 60.7 Å². The van der Waals surface area contributed by atoms with Crippen LogP contribution in [0.5, 0.6) is 0 Å². The number of ether oxygens (including phenoxy) is 2. The van der Waals surface area contributed by atoms with Crippen LogP contribution < -0.4 is 10.2 Å². The molecule has 0 radical (unpaired) electrons. The molecule has 4 aliphatic rings. The number of thiazole rings is 4. The van der Waals surface area contributed by atoms with Crippen molar-refractivity contribution in [3.8, 4) is 0 Å². The molecule has 4 atom stereocenters. The van der Waals surface area contributed by atoms with E-state index < -0.39 is 22.4 Å². The number of anilines is 1. The van der Waals surface area contributed by atoms with Gasteiger partial charge in [-0.2, -0.15) is 0 Å². The number of aryl methyl sites for hydroxylation is 4. The number of halogens is 2. The highest BCUT2D eigenvalue weighted by Gasteiger charge is 2.48. The average molecular weight is 1310 g/mol. The topological polar surface area (TPSA) is 166 Å². The number of benzene rings is 2. The number of aromatic nitrogens is 4. The van der Waals surface area contributed by atoms with E-state index in [1.165, 1.54) is 19.5 Å². The SMILES string of the molecule is CC(C)(O)C[C@]1(c2ccccc2)CCN([C@H]2CCCNC2)C(=O)O1.Cc1cnc(I)s1.Cc1cnc(I)s1.Cc1cnc(N2CCC[C@H](N3CC[C@](CC(C)(C)O)(c4ccccc4)OC3=O)C2)s1.Cc1cncs1. The van der Waals surface area contributed by atoms with E-state index in [0.29, 0.717) is 38.8 Å². The van der Waals surface area contributed by atoms with Gasteiger partial charge in [0.15, 0.2) is 11.2 Å². The molecule has 0 bridgehead atoms. The number of hydrogen-bond donors (Lipinski definition) is 3. The first kappa shape index (κ1) is 59.9. The van der Waals surface area contributed by atoms with Crippen molar-refractivity contribution in [2.45, 2.75) is 141 Å². The maximum Gasteiger partial charge on any atom is 0.410 e. The summed E-state index contributed by atoms with van der Waals surface area (Å²) in [5.74, 6) is 0. The second-order valence-corrected chi connectivity index (χ2v) is 28.7. The Bertz CT molecular complexity index is 2550. The van der Waals surface area contributed by atoms with Crippen LogP contribution in [-0.4, -0.2) is 115 Å². The Kier molecular flexibility index (Phi) is 22.5. The molecule has 20 heteroatoms. The van der Waals surface area contributed by atoms with Crippen LogP contribution in [0.25, 0.3) is 0 Å². The molecule has 10 rings (SSSR count). The summed E-state index contributed by atoms with van der Waals surface area (Å²) in [6.45, 7) is 20.2. The first-order chi connectivity index (χ1) is 35.1. The Balaban J connectivity index is 0.000000177. The number of carbonyl (C=O) groups is 2. The zero-order valence-corrected chi connectivity index (χ0v) is 51.3. The van der Waals surface area contributed by atoms with Crippen LogP contribution in [0.3, 0.4) is 0 Å². The fraction of sp³-hybridized carbons (Fsp3) is 0.519. The Labute approximate surface area is 481 Å². The van der Waals surface area contributed by atoms with E-state index in [4.69, 9.17) is 9.47 Å². The third kappa shape index (κ3) is 18.4. The Morgan fingerprint density at radius 3 is 1.50 bits per heavy atom. The van der Waals surface area contributed by atoms with Crippen LogP contribution in [-0.2, 0) is 20.7 Å². The number of amides is 2. The van der Waals surface area contributed by atoms with E-state index in [2.05, 4.69) is 96.1 Å². The molecular weight excluding hydrogens is 1240 g/mol. The van der Waals surface area contributed by atoms with Crippen LogP contribution in [0.15, 0.2) is 91.0 Å². The van der Waals surface area contributed by atoms with E-state index in [0.717, 1.165) is 74.1 Å². The molecule has 4 saturated heterocycles. The second-order valence-electron chi connectivity index (χ2n) is 20.4. The van der Waals surface area contributed by atoms with Gasteiger partial charge >= 0.3 is 12.2 Å². The fourth-order valence-electron chi connectivity index (χ4n) is 9.65. The van der Waals surface area contributed by atoms with Gasteiger partial charge in [-0.25, -0.2) is 24.5 Å². The first-order valence-electron chi connectivity index (χ1n) is 25.1. The minimum absolute atomic E-state index is 0.117. The molecule has 4 aliphatic heterocycles. The molecular formula is C54H72I2N8O6S4. The lowest BCUT2D eigenvalue weighted by atomic mass is 9.80. The molecule has 14 nitrogen and oxygen atoms in total. The highest BCUT2D eigenvalue weighted by Crippen LogP contribution is 2.43. The van der Waals surface area contributed by atoms with Crippen molar-refractivity contribution >= 4 is 108 Å². The predicted octanol–water partition coefficient (Wildman–Crippen LogP) is 12.5. The third-order valence-electron chi connectivity index (χ3n) is 12.8. The van der Waals surface area contributed by atoms with Crippen molar-refractivity contribution in [3.05, 3.63) is 128 Å². The Hall–Kier alpha value is -3.36. The standard InChI is InChI=1S/C23H31N3O3S.C19H28N2O3.2C4H4INS.C4H5NS/c1-17-14-24-20(30-17)25-12-7-10-19(15-25)26-13-11-23(29-21(26)27,16-22(2,3)28)18-8-5-4-6-9-18;1-18(2,23)14-19(15-7-4-3-5-8-15)10-12-21(17(22)24-19)16-9-6-11-20-13-16;2*1-3-2-6-4(5)7-3;1-4-2-5-3-6-4/h4-6,8-9,14,19,28H,7,10-13,15-16H2,1-3H3;3-5,7-8,16,20,23H,6,9-14H2,1-2H3;2*2H,1H3;2-3H,1H3/t19-,23-;16-,19-;;;/m00.../s1. The largest absolute Gasteiger partial charge is 0.438 e. The van der Waals surface area contributed by atoms with Gasteiger partial charge < -0.3 is 39.7 Å². The summed E-state index contributed by atoms with van der Waals surface area (Å²) in [4.78, 5) is 53.4. The number of nitrogens with zero attached hydrogens (tertiary/aromatic N) is 7. The summed E-state index contributed by atoms with van der Waals surface area (Å²) in [6, 6.07) is 20.0. The molecule has 0 spiro atoms. The number of hydrogen-bond acceptors (Lipinski definition) is 16. The molecule has 0 saturated carbocycles. The maximum atomic E-state index is 13.2. The minimum Gasteiger partial charge on any atom is -0.438 e. The van der Waals surface area contributed by atoms with Crippen molar-refractivity contribution in [3.63, 3.8) is 0 Å². The minimum atomic E-state index is -0.942. The molecule has 0 aliphatic carbocycles. The van der Waals surface area contributed by atoms with E-state index in [-0.39, 0.29) is 24.3 Å². The molecule has 2 amide bonds.